The van der Waals surface area contributed by atoms with Gasteiger partial charge in [-0.05, 0) is 31.5 Å². The molecule has 4 rings (SSSR count). The Kier molecular flexibility index (Phi) is 6.46. The number of nitrogens with one attached hydrogen (secondary N) is 1. The Morgan fingerprint density at radius 2 is 1.82 bits per heavy atom. The van der Waals surface area contributed by atoms with Gasteiger partial charge in [0.15, 0.2) is 0 Å². The van der Waals surface area contributed by atoms with Crippen LogP contribution >= 0.6 is 0 Å². The van der Waals surface area contributed by atoms with Gasteiger partial charge in [-0.3, -0.25) is 9.59 Å². The highest BCUT2D eigenvalue weighted by molar-refractivity contribution is 5.98. The van der Waals surface area contributed by atoms with Gasteiger partial charge in [-0.1, -0.05) is 12.1 Å². The molecule has 1 aromatic heterocycles. The molecule has 33 heavy (non-hydrogen) atoms. The third kappa shape index (κ3) is 4.61. The lowest BCUT2D eigenvalue weighted by Crippen LogP contribution is -2.48. The lowest BCUT2D eigenvalue weighted by Gasteiger charge is -2.34. The zero-order chi connectivity index (χ0) is 23.7. The molecule has 1 unspecified atom stereocenters. The van der Waals surface area contributed by atoms with Crippen LogP contribution in [0.15, 0.2) is 24.3 Å². The van der Waals surface area contributed by atoms with Crippen molar-refractivity contribution in [1.29, 1.82) is 0 Å². The summed E-state index contributed by atoms with van der Waals surface area (Å²) in [6, 6.07) is 5.36. The van der Waals surface area contributed by atoms with Crippen LogP contribution in [-0.2, 0) is 11.3 Å². The van der Waals surface area contributed by atoms with Gasteiger partial charge in [0.05, 0.1) is 19.2 Å². The van der Waals surface area contributed by atoms with Crippen molar-refractivity contribution in [2.75, 3.05) is 43.0 Å². The van der Waals surface area contributed by atoms with E-state index in [0.29, 0.717) is 61.3 Å². The molecule has 0 saturated carbocycles. The van der Waals surface area contributed by atoms with E-state index >= 15 is 0 Å². The van der Waals surface area contributed by atoms with Crippen LogP contribution < -0.4 is 10.2 Å². The first-order chi connectivity index (χ1) is 15.8. The second kappa shape index (κ2) is 9.30. The first kappa shape index (κ1) is 22.9. The Morgan fingerprint density at radius 1 is 1.15 bits per heavy atom. The van der Waals surface area contributed by atoms with Gasteiger partial charge in [0.1, 0.15) is 17.3 Å². The van der Waals surface area contributed by atoms with Crippen molar-refractivity contribution in [1.82, 2.24) is 19.8 Å². The van der Waals surface area contributed by atoms with Gasteiger partial charge in [0.2, 0.25) is 11.9 Å². The number of rotatable bonds is 6. The summed E-state index contributed by atoms with van der Waals surface area (Å²) in [4.78, 5) is 39.5. The van der Waals surface area contributed by atoms with Gasteiger partial charge in [-0.2, -0.15) is 4.98 Å². The summed E-state index contributed by atoms with van der Waals surface area (Å²) < 4.78 is 13.4. The van der Waals surface area contributed by atoms with E-state index < -0.39 is 6.04 Å². The highest BCUT2D eigenvalue weighted by atomic mass is 19.1. The maximum Gasteiger partial charge on any atom is 0.273 e. The normalized spacial score (nSPS) is 16.9. The Balaban J connectivity index is 1.68. The Morgan fingerprint density at radius 3 is 2.39 bits per heavy atom. The summed E-state index contributed by atoms with van der Waals surface area (Å²) in [5.74, 6) is 0.401. The number of aromatic nitrogens is 2. The number of aliphatic hydroxyl groups is 1. The summed E-state index contributed by atoms with van der Waals surface area (Å²) in [7, 11) is 0. The van der Waals surface area contributed by atoms with E-state index in [9.17, 15) is 19.1 Å². The molecule has 2 N–H and O–H groups in total. The number of hydrogen-bond acceptors (Lipinski definition) is 7. The minimum atomic E-state index is -0.532. The fourth-order valence-corrected chi connectivity index (χ4v) is 4.17. The average Bonchev–Trinajstić information content (AvgIpc) is 3.15. The number of hydrogen-bond donors (Lipinski definition) is 2. The molecule has 0 bridgehead atoms. The highest BCUT2D eigenvalue weighted by Crippen LogP contribution is 2.32. The maximum absolute atomic E-state index is 13.4. The molecule has 2 aliphatic rings. The number of amides is 2. The summed E-state index contributed by atoms with van der Waals surface area (Å²) >= 11 is 0. The molecule has 0 aliphatic carbocycles. The first-order valence-corrected chi connectivity index (χ1v) is 11.1. The number of aliphatic hydroxyl groups excluding tert-OH is 1. The fourth-order valence-electron chi connectivity index (χ4n) is 4.17. The van der Waals surface area contributed by atoms with Crippen LogP contribution in [0.1, 0.15) is 48.4 Å². The molecule has 3 heterocycles. The van der Waals surface area contributed by atoms with Crippen molar-refractivity contribution in [3.8, 4) is 0 Å². The van der Waals surface area contributed by atoms with E-state index in [1.807, 2.05) is 18.7 Å². The molecular formula is C23H29FN6O3. The van der Waals surface area contributed by atoms with E-state index in [-0.39, 0.29) is 30.3 Å². The monoisotopic (exact) mass is 456 g/mol. The van der Waals surface area contributed by atoms with Gasteiger partial charge >= 0.3 is 0 Å². The summed E-state index contributed by atoms with van der Waals surface area (Å²) in [5, 5.41) is 13.3. The van der Waals surface area contributed by atoms with Crippen LogP contribution in [0.4, 0.5) is 16.2 Å². The van der Waals surface area contributed by atoms with Gasteiger partial charge in [0, 0.05) is 44.7 Å². The molecule has 9 nitrogen and oxygen atoms in total. The predicted octanol–water partition coefficient (Wildman–Crippen LogP) is 1.79. The number of piperazine rings is 1. The second-order valence-corrected chi connectivity index (χ2v) is 8.65. The molecule has 2 amide bonds. The quantitative estimate of drug-likeness (QED) is 0.683. The Labute approximate surface area is 192 Å². The second-order valence-electron chi connectivity index (χ2n) is 8.65. The van der Waals surface area contributed by atoms with Crippen LogP contribution in [0.25, 0.3) is 0 Å². The number of carbonyl (C=O) groups is 2. The van der Waals surface area contributed by atoms with Crippen molar-refractivity contribution in [2.24, 2.45) is 0 Å². The van der Waals surface area contributed by atoms with Gasteiger partial charge in [-0.15, -0.1) is 0 Å². The number of nitrogens with zero attached hydrogens (tertiary/aromatic N) is 5. The van der Waals surface area contributed by atoms with Gasteiger partial charge in [0.25, 0.3) is 5.91 Å². The molecule has 176 valence electrons. The molecule has 2 aliphatic heterocycles. The molecule has 10 heteroatoms. The lowest BCUT2D eigenvalue weighted by molar-refractivity contribution is -0.129. The van der Waals surface area contributed by atoms with Crippen molar-refractivity contribution >= 4 is 23.6 Å². The van der Waals surface area contributed by atoms with Crippen molar-refractivity contribution < 1.29 is 19.1 Å². The van der Waals surface area contributed by atoms with Crippen LogP contribution in [0.5, 0.6) is 0 Å². The minimum absolute atomic E-state index is 0.00662. The molecule has 1 atom stereocenters. The predicted molar refractivity (Wildman–Crippen MR) is 121 cm³/mol. The fraction of sp³-hybridized carbons (Fsp3) is 0.478. The van der Waals surface area contributed by atoms with Crippen LogP contribution in [0, 0.1) is 5.82 Å². The highest BCUT2D eigenvalue weighted by Gasteiger charge is 2.35. The first-order valence-electron chi connectivity index (χ1n) is 11.1. The maximum atomic E-state index is 13.4. The average molecular weight is 457 g/mol. The number of halogens is 1. The smallest absolute Gasteiger partial charge is 0.273 e. The lowest BCUT2D eigenvalue weighted by atomic mass is 10.1. The minimum Gasteiger partial charge on any atom is -0.394 e. The van der Waals surface area contributed by atoms with Crippen LogP contribution in [0.3, 0.4) is 0 Å². The third-order valence-electron chi connectivity index (χ3n) is 6.18. The summed E-state index contributed by atoms with van der Waals surface area (Å²) in [6.45, 7) is 7.80. The zero-order valence-electron chi connectivity index (χ0n) is 19.1. The number of anilines is 2. The van der Waals surface area contributed by atoms with E-state index in [2.05, 4.69) is 10.3 Å². The number of benzene rings is 1. The molecule has 1 fully saturated rings. The molecular weight excluding hydrogens is 427 g/mol. The Bertz CT molecular complexity index is 1040. The van der Waals surface area contributed by atoms with Gasteiger partial charge < -0.3 is 25.1 Å². The van der Waals surface area contributed by atoms with Gasteiger partial charge in [-0.25, -0.2) is 9.37 Å². The van der Waals surface area contributed by atoms with Crippen LogP contribution in [0.2, 0.25) is 0 Å². The zero-order valence-corrected chi connectivity index (χ0v) is 19.1. The molecule has 1 aromatic carbocycles. The van der Waals surface area contributed by atoms with E-state index in [1.165, 1.54) is 12.1 Å². The summed E-state index contributed by atoms with van der Waals surface area (Å²) in [5.41, 5.74) is 1.73. The number of fused-ring (bicyclic) bond motifs is 1. The largest absolute Gasteiger partial charge is 0.394 e. The third-order valence-corrected chi connectivity index (χ3v) is 6.18. The molecule has 0 spiro atoms. The number of carbonyl (C=O) groups excluding carboxylic acids is 2. The molecule has 2 aromatic rings. The Hall–Kier alpha value is -3.27. The van der Waals surface area contributed by atoms with Crippen molar-refractivity contribution in [2.45, 2.75) is 39.4 Å². The SMILES string of the molecule is CC(=O)N1CCN(c2nc(NC(CO)c3ccc(F)cc3)c3c(n2)C(=O)N(C(C)C)C3)CC1. The van der Waals surface area contributed by atoms with E-state index in [1.54, 1.807) is 28.9 Å². The molecule has 0 radical (unpaired) electrons. The van der Waals surface area contributed by atoms with Crippen molar-refractivity contribution in [3.05, 3.63) is 46.9 Å². The van der Waals surface area contributed by atoms with E-state index in [4.69, 9.17) is 4.98 Å². The molecule has 1 saturated heterocycles. The van der Waals surface area contributed by atoms with Crippen LogP contribution in [-0.4, -0.2) is 75.5 Å². The van der Waals surface area contributed by atoms with E-state index in [0.717, 1.165) is 0 Å². The standard InChI is InChI=1S/C23H29FN6O3/c1-14(2)30-12-18-20(22(30)33)26-23(29-10-8-28(9-11-29)15(3)32)27-21(18)25-19(13-31)16-4-6-17(24)7-5-16/h4-7,14,19,31H,8-13H2,1-3H3,(H,25,26,27). The summed E-state index contributed by atoms with van der Waals surface area (Å²) in [6.07, 6.45) is 0. The van der Waals surface area contributed by atoms with Crippen molar-refractivity contribution in [3.63, 3.8) is 0 Å². The topological polar surface area (TPSA) is 102 Å².